The normalized spacial score (nSPS) is 10.8. The molecule has 1 nitrogen and oxygen atoms in total. The Kier molecular flexibility index (Phi) is 3.92. The molecule has 0 fully saturated rings. The second-order valence-corrected chi connectivity index (χ2v) is 2.95. The Labute approximate surface area is 87.7 Å². The van der Waals surface area contributed by atoms with Gasteiger partial charge in [0.15, 0.2) is 23.3 Å². The molecule has 0 atom stereocenters. The molecule has 0 amide bonds. The zero-order valence-electron chi connectivity index (χ0n) is 7.25. The molecule has 1 aromatic rings. The topological polar surface area (TPSA) is 12.0 Å². The molecule has 0 spiro atoms. The summed E-state index contributed by atoms with van der Waals surface area (Å²) in [6.07, 6.45) is 0. The number of rotatable bonds is 3. The maximum absolute atomic E-state index is 12.9. The van der Waals surface area contributed by atoms with E-state index in [0.717, 1.165) is 0 Å². The summed E-state index contributed by atoms with van der Waals surface area (Å²) < 4.78 is 63.7. The first-order valence-electron chi connectivity index (χ1n) is 3.82. The lowest BCUT2D eigenvalue weighted by molar-refractivity contribution is 0.368. The second kappa shape index (κ2) is 4.80. The highest BCUT2D eigenvalue weighted by Gasteiger charge is 2.24. The minimum absolute atomic E-state index is 0.0551. The second-order valence-electron chi connectivity index (χ2n) is 2.63. The van der Waals surface area contributed by atoms with Crippen molar-refractivity contribution >= 4 is 12.6 Å². The largest absolute Gasteiger partial charge is 0.304 e. The molecule has 0 bridgehead atoms. The summed E-state index contributed by atoms with van der Waals surface area (Å²) in [5.74, 6) is -9.62. The predicted molar refractivity (Wildman–Crippen MR) is 46.9 cm³/mol. The molecule has 0 aliphatic carbocycles. The van der Waals surface area contributed by atoms with Gasteiger partial charge < -0.3 is 5.32 Å². The Morgan fingerprint density at radius 3 is 1.60 bits per heavy atom. The predicted octanol–water partition coefficient (Wildman–Crippen LogP) is 2.36. The maximum Gasteiger partial charge on any atom is 0.200 e. The summed E-state index contributed by atoms with van der Waals surface area (Å²) in [4.78, 5) is 0. The van der Waals surface area contributed by atoms with Gasteiger partial charge in [0, 0.05) is 18.0 Å². The number of benzene rings is 1. The molecule has 0 saturated carbocycles. The molecule has 84 valence electrons. The molecule has 0 unspecified atom stereocenters. The van der Waals surface area contributed by atoms with Crippen molar-refractivity contribution in [2.75, 3.05) is 5.88 Å². The summed E-state index contributed by atoms with van der Waals surface area (Å²) in [7, 11) is 0. The van der Waals surface area contributed by atoms with Crippen molar-refractivity contribution in [1.29, 1.82) is 0 Å². The van der Waals surface area contributed by atoms with E-state index < -0.39 is 41.2 Å². The van der Waals surface area contributed by atoms with Crippen LogP contribution < -0.4 is 5.32 Å². The van der Waals surface area contributed by atoms with Crippen LogP contribution in [-0.4, -0.2) is 5.88 Å². The van der Waals surface area contributed by atoms with E-state index >= 15 is 0 Å². The van der Waals surface area contributed by atoms with Crippen LogP contribution in [0.25, 0.3) is 0 Å². The Bertz CT molecular complexity index is 353. The third kappa shape index (κ3) is 2.23. The van der Waals surface area contributed by atoms with Crippen molar-refractivity contribution in [1.82, 2.24) is 5.32 Å². The molecule has 0 heterocycles. The van der Waals surface area contributed by atoms with Crippen molar-refractivity contribution in [2.45, 2.75) is 6.54 Å². The summed E-state index contributed by atoms with van der Waals surface area (Å²) in [5.41, 5.74) is -0.888. The Hall–Kier alpha value is -0.820. The first-order valence-corrected chi connectivity index (χ1v) is 4.45. The van der Waals surface area contributed by atoms with Crippen LogP contribution in [0.15, 0.2) is 0 Å². The van der Waals surface area contributed by atoms with Crippen molar-refractivity contribution in [2.24, 2.45) is 0 Å². The fourth-order valence-corrected chi connectivity index (χ4v) is 1.10. The summed E-state index contributed by atoms with van der Waals surface area (Å²) in [5, 5.41) is 2.35. The van der Waals surface area contributed by atoms with Crippen LogP contribution in [0.1, 0.15) is 5.56 Å². The van der Waals surface area contributed by atoms with Gasteiger partial charge in [0.2, 0.25) is 5.82 Å². The number of thiol groups is 1. The highest BCUT2D eigenvalue weighted by Crippen LogP contribution is 2.22. The molecule has 1 aromatic carbocycles. The Morgan fingerprint density at radius 1 is 0.800 bits per heavy atom. The van der Waals surface area contributed by atoms with Crippen LogP contribution in [0.3, 0.4) is 0 Å². The van der Waals surface area contributed by atoms with E-state index in [2.05, 4.69) is 17.9 Å². The lowest BCUT2D eigenvalue weighted by atomic mass is 10.1. The van der Waals surface area contributed by atoms with E-state index in [1.54, 1.807) is 0 Å². The van der Waals surface area contributed by atoms with E-state index in [9.17, 15) is 22.0 Å². The average molecular weight is 243 g/mol. The monoisotopic (exact) mass is 243 g/mol. The van der Waals surface area contributed by atoms with Crippen LogP contribution in [0.2, 0.25) is 0 Å². The highest BCUT2D eigenvalue weighted by atomic mass is 32.1. The Balaban J connectivity index is 3.26. The SMILES string of the molecule is Fc1c(F)c(F)c(CNCS)c(F)c1F. The zero-order valence-corrected chi connectivity index (χ0v) is 8.15. The van der Waals surface area contributed by atoms with Crippen molar-refractivity contribution in [3.63, 3.8) is 0 Å². The number of hydrogen-bond acceptors (Lipinski definition) is 2. The van der Waals surface area contributed by atoms with Crippen molar-refractivity contribution in [3.05, 3.63) is 34.6 Å². The van der Waals surface area contributed by atoms with Gasteiger partial charge in [0.1, 0.15) is 0 Å². The molecular formula is C8H6F5NS. The average Bonchev–Trinajstić information content (AvgIpc) is 2.24. The first-order chi connectivity index (χ1) is 7.00. The third-order valence-electron chi connectivity index (χ3n) is 1.71. The quantitative estimate of drug-likeness (QED) is 0.273. The minimum atomic E-state index is -2.15. The first kappa shape index (κ1) is 12.3. The molecule has 1 N–H and O–H groups in total. The summed E-state index contributed by atoms with van der Waals surface area (Å²) in [6.45, 7) is -0.477. The molecule has 15 heavy (non-hydrogen) atoms. The molecule has 0 aliphatic heterocycles. The molecular weight excluding hydrogens is 237 g/mol. The lowest BCUT2D eigenvalue weighted by Crippen LogP contribution is -2.16. The van der Waals surface area contributed by atoms with E-state index in [4.69, 9.17) is 0 Å². The van der Waals surface area contributed by atoms with Crippen LogP contribution in [0, 0.1) is 29.1 Å². The molecule has 0 aliphatic rings. The van der Waals surface area contributed by atoms with Gasteiger partial charge in [-0.2, -0.15) is 12.6 Å². The molecule has 0 aromatic heterocycles. The Morgan fingerprint density at radius 2 is 1.20 bits per heavy atom. The van der Waals surface area contributed by atoms with Gasteiger partial charge in [-0.05, 0) is 0 Å². The van der Waals surface area contributed by atoms with Gasteiger partial charge in [-0.15, -0.1) is 0 Å². The maximum atomic E-state index is 12.9. The van der Waals surface area contributed by atoms with Crippen LogP contribution in [-0.2, 0) is 6.54 Å². The molecule has 7 heteroatoms. The van der Waals surface area contributed by atoms with Gasteiger partial charge in [0.05, 0.1) is 0 Å². The molecule has 0 saturated heterocycles. The van der Waals surface area contributed by atoms with Crippen molar-refractivity contribution < 1.29 is 22.0 Å². The fraction of sp³-hybridized carbons (Fsp3) is 0.250. The van der Waals surface area contributed by atoms with Crippen LogP contribution in [0.5, 0.6) is 0 Å². The summed E-state index contributed by atoms with van der Waals surface area (Å²) in [6, 6.07) is 0. The fourth-order valence-electron chi connectivity index (χ4n) is 0.986. The van der Waals surface area contributed by atoms with Gasteiger partial charge >= 0.3 is 0 Å². The zero-order chi connectivity index (χ0) is 11.6. The minimum Gasteiger partial charge on any atom is -0.304 e. The van der Waals surface area contributed by atoms with Gasteiger partial charge in [-0.3, -0.25) is 0 Å². The van der Waals surface area contributed by atoms with E-state index in [0.29, 0.717) is 0 Å². The standard InChI is InChI=1S/C8H6F5NS/c9-4-3(1-14-2-15)5(10)7(12)8(13)6(4)11/h14-15H,1-2H2. The number of nitrogens with one attached hydrogen (secondary N) is 1. The van der Waals surface area contributed by atoms with Crippen LogP contribution >= 0.6 is 12.6 Å². The number of hydrogen-bond donors (Lipinski definition) is 2. The number of halogens is 5. The lowest BCUT2D eigenvalue weighted by Gasteiger charge is -2.07. The molecule has 1 rings (SSSR count). The summed E-state index contributed by atoms with van der Waals surface area (Å²) >= 11 is 3.67. The van der Waals surface area contributed by atoms with Gasteiger partial charge in [-0.25, -0.2) is 22.0 Å². The van der Waals surface area contributed by atoms with Crippen LogP contribution in [0.4, 0.5) is 22.0 Å². The van der Waals surface area contributed by atoms with E-state index in [1.165, 1.54) is 0 Å². The smallest absolute Gasteiger partial charge is 0.200 e. The van der Waals surface area contributed by atoms with E-state index in [-0.39, 0.29) is 5.88 Å². The molecule has 0 radical (unpaired) electrons. The van der Waals surface area contributed by atoms with Gasteiger partial charge in [-0.1, -0.05) is 0 Å². The van der Waals surface area contributed by atoms with Crippen molar-refractivity contribution in [3.8, 4) is 0 Å². The van der Waals surface area contributed by atoms with Gasteiger partial charge in [0.25, 0.3) is 0 Å². The third-order valence-corrected chi connectivity index (χ3v) is 1.94. The van der Waals surface area contributed by atoms with E-state index in [1.807, 2.05) is 0 Å². The highest BCUT2D eigenvalue weighted by molar-refractivity contribution is 7.80.